The second kappa shape index (κ2) is 6.28. The second-order valence-corrected chi connectivity index (χ2v) is 6.91. The summed E-state index contributed by atoms with van der Waals surface area (Å²) in [5, 5.41) is 12.1. The highest BCUT2D eigenvalue weighted by molar-refractivity contribution is 7.17. The first-order valence-corrected chi connectivity index (χ1v) is 9.00. The van der Waals surface area contributed by atoms with E-state index >= 15 is 0 Å². The first kappa shape index (κ1) is 16.3. The molecule has 2 aromatic heterocycles. The van der Waals surface area contributed by atoms with Crippen LogP contribution in [-0.2, 0) is 0 Å². The standard InChI is InChI=1S/C21H16N2O2S/c1-13-7-3-5-9-17(13)23-20(14(2)15-8-4-6-10-18(15)24)22-16-11-12-26-19(16)21(23)25/h3-12,24H,2H2,1H3. The van der Waals surface area contributed by atoms with E-state index in [4.69, 9.17) is 4.98 Å². The van der Waals surface area contributed by atoms with E-state index in [0.29, 0.717) is 27.2 Å². The molecule has 0 amide bonds. The topological polar surface area (TPSA) is 55.1 Å². The molecular weight excluding hydrogens is 344 g/mol. The maximum atomic E-state index is 13.2. The van der Waals surface area contributed by atoms with Gasteiger partial charge < -0.3 is 5.11 Å². The summed E-state index contributed by atoms with van der Waals surface area (Å²) in [6, 6.07) is 16.4. The van der Waals surface area contributed by atoms with Crippen molar-refractivity contribution >= 4 is 27.1 Å². The fourth-order valence-electron chi connectivity index (χ4n) is 3.00. The van der Waals surface area contributed by atoms with Crippen molar-refractivity contribution in [3.63, 3.8) is 0 Å². The number of nitrogens with zero attached hydrogens (tertiary/aromatic N) is 2. The van der Waals surface area contributed by atoms with Gasteiger partial charge in [-0.2, -0.15) is 0 Å². The van der Waals surface area contributed by atoms with Crippen molar-refractivity contribution in [2.75, 3.05) is 0 Å². The Morgan fingerprint density at radius 1 is 1.12 bits per heavy atom. The maximum absolute atomic E-state index is 13.2. The molecule has 0 bridgehead atoms. The summed E-state index contributed by atoms with van der Waals surface area (Å²) in [7, 11) is 0. The van der Waals surface area contributed by atoms with E-state index in [-0.39, 0.29) is 11.3 Å². The molecule has 0 spiro atoms. The number of hydrogen-bond acceptors (Lipinski definition) is 4. The summed E-state index contributed by atoms with van der Waals surface area (Å²) in [6.07, 6.45) is 0. The van der Waals surface area contributed by atoms with Crippen molar-refractivity contribution in [2.45, 2.75) is 6.92 Å². The summed E-state index contributed by atoms with van der Waals surface area (Å²) >= 11 is 1.37. The highest BCUT2D eigenvalue weighted by atomic mass is 32.1. The van der Waals surface area contributed by atoms with Crippen LogP contribution in [-0.4, -0.2) is 14.7 Å². The van der Waals surface area contributed by atoms with Crippen LogP contribution in [0.25, 0.3) is 21.5 Å². The van der Waals surface area contributed by atoms with Crippen LogP contribution < -0.4 is 5.56 Å². The zero-order chi connectivity index (χ0) is 18.3. The molecule has 0 aliphatic heterocycles. The molecule has 0 saturated carbocycles. The molecule has 2 aromatic carbocycles. The van der Waals surface area contributed by atoms with E-state index in [2.05, 4.69) is 6.58 Å². The van der Waals surface area contributed by atoms with Gasteiger partial charge in [0.25, 0.3) is 5.56 Å². The molecule has 4 aromatic rings. The number of thiophene rings is 1. The van der Waals surface area contributed by atoms with Gasteiger partial charge in [-0.1, -0.05) is 43.0 Å². The smallest absolute Gasteiger partial charge is 0.276 e. The lowest BCUT2D eigenvalue weighted by molar-refractivity contribution is 0.473. The van der Waals surface area contributed by atoms with Crippen LogP contribution in [0.3, 0.4) is 0 Å². The SMILES string of the molecule is C=C(c1ccccc1O)c1nc2ccsc2c(=O)n1-c1ccccc1C. The Kier molecular flexibility index (Phi) is 3.93. The predicted octanol–water partition coefficient (Wildman–Crippen LogP) is 4.52. The number of phenolic OH excluding ortho intramolecular Hbond substituents is 1. The summed E-state index contributed by atoms with van der Waals surface area (Å²) in [5.74, 6) is 0.533. The van der Waals surface area contributed by atoms with Crippen molar-refractivity contribution in [3.05, 3.63) is 93.9 Å². The number of aromatic nitrogens is 2. The average molecular weight is 360 g/mol. The van der Waals surface area contributed by atoms with Gasteiger partial charge in [0.15, 0.2) is 0 Å². The van der Waals surface area contributed by atoms with Crippen LogP contribution in [0.15, 0.2) is 71.4 Å². The largest absolute Gasteiger partial charge is 0.507 e. The quantitative estimate of drug-likeness (QED) is 0.584. The van der Waals surface area contributed by atoms with Crippen LogP contribution >= 0.6 is 11.3 Å². The average Bonchev–Trinajstić information content (AvgIpc) is 3.11. The molecule has 0 atom stereocenters. The van der Waals surface area contributed by atoms with Crippen LogP contribution in [0.4, 0.5) is 0 Å². The van der Waals surface area contributed by atoms with Crippen molar-refractivity contribution in [1.29, 1.82) is 0 Å². The van der Waals surface area contributed by atoms with E-state index in [9.17, 15) is 9.90 Å². The number of fused-ring (bicyclic) bond motifs is 1. The minimum absolute atomic E-state index is 0.105. The number of aryl methyl sites for hydroxylation is 1. The lowest BCUT2D eigenvalue weighted by atomic mass is 10.0. The fraction of sp³-hybridized carbons (Fsp3) is 0.0476. The van der Waals surface area contributed by atoms with Gasteiger partial charge in [-0.15, -0.1) is 11.3 Å². The fourth-order valence-corrected chi connectivity index (χ4v) is 3.76. The molecule has 0 radical (unpaired) electrons. The molecule has 0 saturated heterocycles. The number of hydrogen-bond donors (Lipinski definition) is 1. The van der Waals surface area contributed by atoms with Crippen LogP contribution in [0.2, 0.25) is 0 Å². The Morgan fingerprint density at radius 3 is 2.62 bits per heavy atom. The molecule has 0 fully saturated rings. The molecular formula is C21H16N2O2S. The van der Waals surface area contributed by atoms with Gasteiger partial charge in [-0.3, -0.25) is 9.36 Å². The number of benzene rings is 2. The third-order valence-electron chi connectivity index (χ3n) is 4.34. The summed E-state index contributed by atoms with van der Waals surface area (Å²) in [6.45, 7) is 6.08. The number of rotatable bonds is 3. The molecule has 0 unspecified atom stereocenters. The summed E-state index contributed by atoms with van der Waals surface area (Å²) < 4.78 is 2.19. The van der Waals surface area contributed by atoms with Crippen molar-refractivity contribution < 1.29 is 5.11 Å². The highest BCUT2D eigenvalue weighted by Gasteiger charge is 2.19. The highest BCUT2D eigenvalue weighted by Crippen LogP contribution is 2.30. The van der Waals surface area contributed by atoms with Gasteiger partial charge >= 0.3 is 0 Å². The molecule has 2 heterocycles. The minimum Gasteiger partial charge on any atom is -0.507 e. The van der Waals surface area contributed by atoms with E-state index in [0.717, 1.165) is 11.3 Å². The summed E-state index contributed by atoms with van der Waals surface area (Å²) in [5.41, 5.74) is 3.26. The Hall–Kier alpha value is -3.18. The minimum atomic E-state index is -0.133. The molecule has 5 heteroatoms. The Morgan fingerprint density at radius 2 is 1.85 bits per heavy atom. The van der Waals surface area contributed by atoms with E-state index in [1.807, 2.05) is 48.7 Å². The van der Waals surface area contributed by atoms with E-state index in [1.54, 1.807) is 22.8 Å². The van der Waals surface area contributed by atoms with Gasteiger partial charge in [-0.05, 0) is 36.1 Å². The molecule has 4 rings (SSSR count). The first-order chi connectivity index (χ1) is 12.6. The zero-order valence-electron chi connectivity index (χ0n) is 14.1. The lowest BCUT2D eigenvalue weighted by Gasteiger charge is -2.16. The van der Waals surface area contributed by atoms with Crippen molar-refractivity contribution in [1.82, 2.24) is 9.55 Å². The lowest BCUT2D eigenvalue weighted by Crippen LogP contribution is -2.23. The van der Waals surface area contributed by atoms with Crippen LogP contribution in [0, 0.1) is 6.92 Å². The van der Waals surface area contributed by atoms with Crippen LogP contribution in [0.5, 0.6) is 5.75 Å². The Balaban J connectivity index is 2.07. The molecule has 0 aliphatic rings. The third kappa shape index (κ3) is 2.53. The molecule has 1 N–H and O–H groups in total. The molecule has 4 nitrogen and oxygen atoms in total. The van der Waals surface area contributed by atoms with Gasteiger partial charge in [0.2, 0.25) is 0 Å². The molecule has 26 heavy (non-hydrogen) atoms. The monoisotopic (exact) mass is 360 g/mol. The van der Waals surface area contributed by atoms with Gasteiger partial charge in [-0.25, -0.2) is 4.98 Å². The van der Waals surface area contributed by atoms with Gasteiger partial charge in [0, 0.05) is 11.1 Å². The van der Waals surface area contributed by atoms with Gasteiger partial charge in [0.05, 0.1) is 11.2 Å². The normalized spacial score (nSPS) is 11.0. The van der Waals surface area contributed by atoms with Crippen molar-refractivity contribution in [3.8, 4) is 11.4 Å². The summed E-state index contributed by atoms with van der Waals surface area (Å²) in [4.78, 5) is 17.9. The van der Waals surface area contributed by atoms with Crippen LogP contribution in [0.1, 0.15) is 17.0 Å². The number of para-hydroxylation sites is 2. The zero-order valence-corrected chi connectivity index (χ0v) is 15.0. The number of phenols is 1. The second-order valence-electron chi connectivity index (χ2n) is 5.99. The Bertz CT molecular complexity index is 1200. The van der Waals surface area contributed by atoms with E-state index < -0.39 is 0 Å². The first-order valence-electron chi connectivity index (χ1n) is 8.12. The molecule has 128 valence electrons. The molecule has 0 aliphatic carbocycles. The van der Waals surface area contributed by atoms with Crippen molar-refractivity contribution in [2.24, 2.45) is 0 Å². The predicted molar refractivity (Wildman–Crippen MR) is 106 cm³/mol. The van der Waals surface area contributed by atoms with Gasteiger partial charge in [0.1, 0.15) is 16.3 Å². The Labute approximate surface area is 154 Å². The number of aromatic hydroxyl groups is 1. The van der Waals surface area contributed by atoms with E-state index in [1.165, 1.54) is 11.3 Å². The maximum Gasteiger partial charge on any atom is 0.276 e. The third-order valence-corrected chi connectivity index (χ3v) is 5.23.